The molecule has 0 saturated heterocycles. The molecule has 0 aliphatic rings. The smallest absolute Gasteiger partial charge is 0.122 e. The molecule has 0 radical (unpaired) electrons. The summed E-state index contributed by atoms with van der Waals surface area (Å²) in [6.07, 6.45) is 2.13. The van der Waals surface area contributed by atoms with E-state index in [2.05, 4.69) is 18.7 Å². The zero-order valence-electron chi connectivity index (χ0n) is 13.1. The second-order valence-electron chi connectivity index (χ2n) is 5.19. The van der Waals surface area contributed by atoms with E-state index in [-0.39, 0.29) is 11.8 Å². The van der Waals surface area contributed by atoms with E-state index < -0.39 is 0 Å². The van der Waals surface area contributed by atoms with Crippen LogP contribution < -0.4 is 10.6 Å². The van der Waals surface area contributed by atoms with Gasteiger partial charge in [0.05, 0.1) is 6.61 Å². The van der Waals surface area contributed by atoms with Gasteiger partial charge in [-0.25, -0.2) is 0 Å². The van der Waals surface area contributed by atoms with E-state index in [1.807, 2.05) is 25.1 Å². The second-order valence-corrected chi connectivity index (χ2v) is 5.19. The number of phenolic OH excluding ortho intramolecular Hbond substituents is 1. The van der Waals surface area contributed by atoms with Crippen LogP contribution in [0.25, 0.3) is 0 Å². The Morgan fingerprint density at radius 1 is 1.30 bits per heavy atom. The van der Waals surface area contributed by atoms with Gasteiger partial charge in [-0.3, -0.25) is 0 Å². The predicted molar refractivity (Wildman–Crippen MR) is 84.3 cm³/mol. The average molecular weight is 280 g/mol. The van der Waals surface area contributed by atoms with Gasteiger partial charge in [0.15, 0.2) is 0 Å². The van der Waals surface area contributed by atoms with Crippen LogP contribution in [0.5, 0.6) is 5.75 Å². The van der Waals surface area contributed by atoms with Crippen LogP contribution in [0.2, 0.25) is 0 Å². The predicted octanol–water partition coefficient (Wildman–Crippen LogP) is 3.05. The molecule has 0 aliphatic carbocycles. The number of aromatic hydroxyl groups is 1. The van der Waals surface area contributed by atoms with Crippen molar-refractivity contribution in [3.05, 3.63) is 23.8 Å². The molecule has 1 aromatic carbocycles. The minimum atomic E-state index is -0.162. The summed E-state index contributed by atoms with van der Waals surface area (Å²) >= 11 is 0. The monoisotopic (exact) mass is 280 g/mol. The van der Waals surface area contributed by atoms with Gasteiger partial charge in [0.2, 0.25) is 0 Å². The molecule has 4 heteroatoms. The van der Waals surface area contributed by atoms with Crippen molar-refractivity contribution in [3.8, 4) is 5.75 Å². The van der Waals surface area contributed by atoms with Crippen LogP contribution in [0.1, 0.15) is 45.2 Å². The van der Waals surface area contributed by atoms with Gasteiger partial charge in [-0.2, -0.15) is 0 Å². The first-order valence-electron chi connectivity index (χ1n) is 7.39. The molecule has 1 unspecified atom stereocenters. The third-order valence-electron chi connectivity index (χ3n) is 3.76. The zero-order valence-corrected chi connectivity index (χ0v) is 13.1. The van der Waals surface area contributed by atoms with E-state index in [1.165, 1.54) is 0 Å². The SMILES string of the molecule is CCC(CC)N(CCOC)c1ccc(C(C)N)c(O)c1. The maximum atomic E-state index is 10.1. The molecule has 1 rings (SSSR count). The van der Waals surface area contributed by atoms with E-state index in [1.54, 1.807) is 7.11 Å². The van der Waals surface area contributed by atoms with E-state index in [4.69, 9.17) is 10.5 Å². The number of rotatable bonds is 8. The third kappa shape index (κ3) is 4.12. The number of ether oxygens (including phenoxy) is 1. The van der Waals surface area contributed by atoms with Crippen molar-refractivity contribution in [3.63, 3.8) is 0 Å². The van der Waals surface area contributed by atoms with E-state index in [0.29, 0.717) is 12.6 Å². The summed E-state index contributed by atoms with van der Waals surface area (Å²) in [6.45, 7) is 7.73. The van der Waals surface area contributed by atoms with Crippen molar-refractivity contribution < 1.29 is 9.84 Å². The van der Waals surface area contributed by atoms with Crippen molar-refractivity contribution in [2.45, 2.75) is 45.7 Å². The number of nitrogens with two attached hydrogens (primary N) is 1. The maximum absolute atomic E-state index is 10.1. The molecule has 0 saturated carbocycles. The molecule has 0 bridgehead atoms. The fourth-order valence-corrected chi connectivity index (χ4v) is 2.54. The lowest BCUT2D eigenvalue weighted by Crippen LogP contribution is -2.37. The molecular formula is C16H28N2O2. The highest BCUT2D eigenvalue weighted by molar-refractivity contribution is 5.54. The minimum absolute atomic E-state index is 0.162. The number of hydrogen-bond acceptors (Lipinski definition) is 4. The lowest BCUT2D eigenvalue weighted by atomic mass is 10.0. The summed E-state index contributed by atoms with van der Waals surface area (Å²) in [4.78, 5) is 2.30. The standard InChI is InChI=1S/C16H28N2O2/c1-5-13(6-2)18(9-10-20-4)14-7-8-15(12(3)17)16(19)11-14/h7-8,11-13,19H,5-6,9-10,17H2,1-4H3. The molecule has 0 fully saturated rings. The molecule has 3 N–H and O–H groups in total. The Bertz CT molecular complexity index is 403. The van der Waals surface area contributed by atoms with E-state index >= 15 is 0 Å². The Morgan fingerprint density at radius 3 is 2.40 bits per heavy atom. The number of methoxy groups -OCH3 is 1. The van der Waals surface area contributed by atoms with Crippen LogP contribution in [0, 0.1) is 0 Å². The summed E-state index contributed by atoms with van der Waals surface area (Å²) in [6, 6.07) is 6.05. The maximum Gasteiger partial charge on any atom is 0.122 e. The minimum Gasteiger partial charge on any atom is -0.508 e. The van der Waals surface area contributed by atoms with Gasteiger partial charge < -0.3 is 20.5 Å². The summed E-state index contributed by atoms with van der Waals surface area (Å²) in [5.74, 6) is 0.269. The molecule has 114 valence electrons. The van der Waals surface area contributed by atoms with Crippen LogP contribution in [0.4, 0.5) is 5.69 Å². The largest absolute Gasteiger partial charge is 0.508 e. The summed E-state index contributed by atoms with van der Waals surface area (Å²) in [7, 11) is 1.71. The molecule has 0 amide bonds. The fourth-order valence-electron chi connectivity index (χ4n) is 2.54. The van der Waals surface area contributed by atoms with Gasteiger partial charge in [-0.05, 0) is 25.8 Å². The highest BCUT2D eigenvalue weighted by atomic mass is 16.5. The van der Waals surface area contributed by atoms with Crippen LogP contribution in [0.3, 0.4) is 0 Å². The van der Waals surface area contributed by atoms with Gasteiger partial charge in [0, 0.05) is 43.1 Å². The lowest BCUT2D eigenvalue weighted by Gasteiger charge is -2.33. The Hall–Kier alpha value is -1.26. The Morgan fingerprint density at radius 2 is 1.95 bits per heavy atom. The number of phenols is 1. The van der Waals surface area contributed by atoms with Gasteiger partial charge in [-0.1, -0.05) is 19.9 Å². The van der Waals surface area contributed by atoms with E-state index in [0.717, 1.165) is 30.6 Å². The number of nitrogens with zero attached hydrogens (tertiary/aromatic N) is 1. The highest BCUT2D eigenvalue weighted by Gasteiger charge is 2.17. The second kappa shape index (κ2) is 8.12. The van der Waals surface area contributed by atoms with Crippen molar-refractivity contribution >= 4 is 5.69 Å². The number of hydrogen-bond donors (Lipinski definition) is 2. The van der Waals surface area contributed by atoms with Gasteiger partial charge in [0.25, 0.3) is 0 Å². The van der Waals surface area contributed by atoms with Crippen molar-refractivity contribution in [2.75, 3.05) is 25.2 Å². The van der Waals surface area contributed by atoms with Crippen LogP contribution in [0.15, 0.2) is 18.2 Å². The first-order chi connectivity index (χ1) is 9.54. The first kappa shape index (κ1) is 16.8. The molecule has 0 aliphatic heterocycles. The van der Waals surface area contributed by atoms with Crippen LogP contribution >= 0.6 is 0 Å². The van der Waals surface area contributed by atoms with Gasteiger partial charge in [0.1, 0.15) is 5.75 Å². The third-order valence-corrected chi connectivity index (χ3v) is 3.76. The molecule has 0 aromatic heterocycles. The lowest BCUT2D eigenvalue weighted by molar-refractivity contribution is 0.202. The van der Waals surface area contributed by atoms with Crippen molar-refractivity contribution in [2.24, 2.45) is 5.73 Å². The molecule has 4 nitrogen and oxygen atoms in total. The average Bonchev–Trinajstić information content (AvgIpc) is 2.43. The van der Waals surface area contributed by atoms with Crippen LogP contribution in [-0.4, -0.2) is 31.4 Å². The molecule has 0 heterocycles. The highest BCUT2D eigenvalue weighted by Crippen LogP contribution is 2.29. The Labute approximate surface area is 122 Å². The molecule has 0 spiro atoms. The molecule has 20 heavy (non-hydrogen) atoms. The first-order valence-corrected chi connectivity index (χ1v) is 7.39. The topological polar surface area (TPSA) is 58.7 Å². The Kier molecular flexibility index (Phi) is 6.82. The van der Waals surface area contributed by atoms with Crippen LogP contribution in [-0.2, 0) is 4.74 Å². The van der Waals surface area contributed by atoms with Gasteiger partial charge in [-0.15, -0.1) is 0 Å². The zero-order chi connectivity index (χ0) is 15.1. The normalized spacial score (nSPS) is 12.7. The summed E-state index contributed by atoms with van der Waals surface area (Å²) in [5, 5.41) is 10.1. The van der Waals surface area contributed by atoms with Gasteiger partial charge >= 0.3 is 0 Å². The molecule has 1 atom stereocenters. The molecular weight excluding hydrogens is 252 g/mol. The van der Waals surface area contributed by atoms with Crippen molar-refractivity contribution in [1.29, 1.82) is 0 Å². The fraction of sp³-hybridized carbons (Fsp3) is 0.625. The summed E-state index contributed by atoms with van der Waals surface area (Å²) in [5.41, 5.74) is 7.65. The Balaban J connectivity index is 3.03. The summed E-state index contributed by atoms with van der Waals surface area (Å²) < 4.78 is 5.20. The quantitative estimate of drug-likeness (QED) is 0.768. The van der Waals surface area contributed by atoms with E-state index in [9.17, 15) is 5.11 Å². The molecule has 1 aromatic rings. The number of anilines is 1. The number of benzene rings is 1. The van der Waals surface area contributed by atoms with Crippen molar-refractivity contribution in [1.82, 2.24) is 0 Å².